The number of pyridine rings is 2. The molecule has 0 atom stereocenters. The Balaban J connectivity index is 2.09. The van der Waals surface area contributed by atoms with Gasteiger partial charge in [0.2, 0.25) is 0 Å². The molecule has 138 valence electrons. The molecular weight excluding hydrogens is 356 g/mol. The van der Waals surface area contributed by atoms with Gasteiger partial charge in [0.05, 0.1) is 23.0 Å². The highest BCUT2D eigenvalue weighted by Crippen LogP contribution is 2.33. The first kappa shape index (κ1) is 18.8. The average molecular weight is 379 g/mol. The van der Waals surface area contributed by atoms with Gasteiger partial charge in [-0.15, -0.1) is 0 Å². The Morgan fingerprint density at radius 2 is 1.89 bits per heavy atom. The second kappa shape index (κ2) is 7.30. The summed E-state index contributed by atoms with van der Waals surface area (Å²) < 4.78 is 1.67. The zero-order chi connectivity index (χ0) is 19.6. The summed E-state index contributed by atoms with van der Waals surface area (Å²) in [5.41, 5.74) is 2.96. The molecule has 0 unspecified atom stereocenters. The van der Waals surface area contributed by atoms with Crippen LogP contribution < -0.4 is 5.32 Å². The Labute approximate surface area is 161 Å². The van der Waals surface area contributed by atoms with Crippen LogP contribution in [0.5, 0.6) is 0 Å². The van der Waals surface area contributed by atoms with Gasteiger partial charge >= 0.3 is 0 Å². The van der Waals surface area contributed by atoms with Gasteiger partial charge in [-0.1, -0.05) is 5.92 Å². The van der Waals surface area contributed by atoms with Gasteiger partial charge in [0.1, 0.15) is 6.07 Å². The van der Waals surface area contributed by atoms with E-state index < -0.39 is 10.0 Å². The van der Waals surface area contributed by atoms with Crippen LogP contribution in [0.3, 0.4) is 0 Å². The minimum atomic E-state index is -0.927. The van der Waals surface area contributed by atoms with Crippen molar-refractivity contribution in [1.82, 2.24) is 19.7 Å². The van der Waals surface area contributed by atoms with Crippen molar-refractivity contribution < 1.29 is 0 Å². The number of nitrogens with one attached hydrogen (secondary N) is 1. The van der Waals surface area contributed by atoms with Crippen molar-refractivity contribution in [1.29, 1.82) is 5.26 Å². The van der Waals surface area contributed by atoms with Gasteiger partial charge in [-0.3, -0.25) is 0 Å². The van der Waals surface area contributed by atoms with Crippen LogP contribution in [-0.2, 0) is 0 Å². The summed E-state index contributed by atoms with van der Waals surface area (Å²) in [4.78, 5) is 8.91. The van der Waals surface area contributed by atoms with E-state index in [9.17, 15) is 0 Å². The van der Waals surface area contributed by atoms with Gasteiger partial charge in [0.25, 0.3) is 0 Å². The number of hydrogen-bond acceptors (Lipinski definition) is 5. The maximum atomic E-state index is 9.03. The highest BCUT2D eigenvalue weighted by Gasteiger charge is 2.12. The molecule has 0 bridgehead atoms. The third kappa shape index (κ3) is 4.39. The number of hydrogen-bond donors (Lipinski definition) is 1. The van der Waals surface area contributed by atoms with Gasteiger partial charge in [-0.25, -0.2) is 9.97 Å². The van der Waals surface area contributed by atoms with Crippen LogP contribution in [0.15, 0.2) is 30.7 Å². The van der Waals surface area contributed by atoms with Gasteiger partial charge in [0, 0.05) is 29.9 Å². The third-order valence-electron chi connectivity index (χ3n) is 3.58. The van der Waals surface area contributed by atoms with E-state index in [4.69, 9.17) is 5.26 Å². The Bertz CT molecular complexity index is 1090. The minimum absolute atomic E-state index is 0.258. The fourth-order valence-electron chi connectivity index (χ4n) is 2.45. The fraction of sp³-hybridized carbons (Fsp3) is 0.300. The van der Waals surface area contributed by atoms with E-state index >= 15 is 0 Å². The molecule has 0 aliphatic carbocycles. The smallest absolute Gasteiger partial charge is 0.164 e. The predicted molar refractivity (Wildman–Crippen MR) is 112 cm³/mol. The Morgan fingerprint density at radius 1 is 1.11 bits per heavy atom. The van der Waals surface area contributed by atoms with Crippen LogP contribution in [-0.4, -0.2) is 44.6 Å². The van der Waals surface area contributed by atoms with Crippen molar-refractivity contribution >= 4 is 26.7 Å². The molecule has 0 aliphatic rings. The van der Waals surface area contributed by atoms with E-state index in [0.29, 0.717) is 17.0 Å². The van der Waals surface area contributed by atoms with E-state index in [1.54, 1.807) is 29.3 Å². The number of aromatic nitrogens is 4. The second-order valence-electron chi connectivity index (χ2n) is 7.26. The molecule has 6 nitrogen and oxygen atoms in total. The first-order valence-electron chi connectivity index (χ1n) is 8.49. The van der Waals surface area contributed by atoms with Crippen molar-refractivity contribution in [3.8, 4) is 23.1 Å². The SMILES string of the molecule is CC(C)Nc1cc(-n2ncc3cc(C#N)cnc32)ncc1C#CS(C)(C)C. The number of fused-ring (bicyclic) bond motifs is 1. The largest absolute Gasteiger partial charge is 0.382 e. The molecule has 1 N–H and O–H groups in total. The highest BCUT2D eigenvalue weighted by molar-refractivity contribution is 8.35. The summed E-state index contributed by atoms with van der Waals surface area (Å²) >= 11 is 0. The molecule has 0 spiro atoms. The van der Waals surface area contributed by atoms with Crippen LogP contribution in [0, 0.1) is 22.5 Å². The summed E-state index contributed by atoms with van der Waals surface area (Å²) in [5, 5.41) is 21.0. The molecule has 27 heavy (non-hydrogen) atoms. The number of nitriles is 1. The Hall–Kier alpha value is -3.03. The lowest BCUT2D eigenvalue weighted by molar-refractivity contribution is 0.857. The molecule has 3 aromatic rings. The summed E-state index contributed by atoms with van der Waals surface area (Å²) in [6.45, 7) is 4.17. The predicted octanol–water partition coefficient (Wildman–Crippen LogP) is 3.51. The molecule has 0 aliphatic heterocycles. The van der Waals surface area contributed by atoms with Crippen LogP contribution in [0.4, 0.5) is 5.69 Å². The lowest BCUT2D eigenvalue weighted by Gasteiger charge is -2.16. The molecule has 3 heterocycles. The van der Waals surface area contributed by atoms with Crippen LogP contribution >= 0.6 is 10.0 Å². The highest BCUT2D eigenvalue weighted by atomic mass is 32.3. The molecule has 0 saturated carbocycles. The second-order valence-corrected chi connectivity index (χ2v) is 11.1. The number of rotatable bonds is 3. The standard InChI is InChI=1S/C20H22N6S/c1-14(2)25-18-9-19(22-12-16(18)6-7-27(3,4)5)26-20-17(13-24-26)8-15(10-21)11-23-20/h8-9,11-14H,1-5H3,(H,22,25). The van der Waals surface area contributed by atoms with E-state index in [-0.39, 0.29) is 6.04 Å². The van der Waals surface area contributed by atoms with Gasteiger partial charge in [-0.05, 0) is 43.9 Å². The Morgan fingerprint density at radius 3 is 2.56 bits per heavy atom. The summed E-state index contributed by atoms with van der Waals surface area (Å²) in [6, 6.07) is 6.06. The van der Waals surface area contributed by atoms with E-state index in [2.05, 4.69) is 70.2 Å². The average Bonchev–Trinajstić information content (AvgIpc) is 3.02. The summed E-state index contributed by atoms with van der Waals surface area (Å²) in [5.74, 6) is 3.92. The Kier molecular flexibility index (Phi) is 5.07. The fourth-order valence-corrected chi connectivity index (χ4v) is 2.86. The summed E-state index contributed by atoms with van der Waals surface area (Å²) in [6.07, 6.45) is 11.5. The third-order valence-corrected chi connectivity index (χ3v) is 4.29. The zero-order valence-electron chi connectivity index (χ0n) is 16.1. The number of anilines is 1. The molecule has 3 aromatic heterocycles. The topological polar surface area (TPSA) is 79.4 Å². The zero-order valence-corrected chi connectivity index (χ0v) is 16.9. The molecule has 0 radical (unpaired) electrons. The molecule has 7 heteroatoms. The van der Waals surface area contributed by atoms with Crippen LogP contribution in [0.2, 0.25) is 0 Å². The van der Waals surface area contributed by atoms with Crippen molar-refractivity contribution in [2.24, 2.45) is 0 Å². The van der Waals surface area contributed by atoms with E-state index in [0.717, 1.165) is 16.6 Å². The molecule has 0 amide bonds. The molecular formula is C20H22N6S. The first-order valence-corrected chi connectivity index (χ1v) is 11.3. The van der Waals surface area contributed by atoms with Crippen molar-refractivity contribution in [2.75, 3.05) is 24.1 Å². The normalized spacial score (nSPS) is 11.7. The van der Waals surface area contributed by atoms with E-state index in [1.165, 1.54) is 0 Å². The molecule has 0 fully saturated rings. The van der Waals surface area contributed by atoms with Crippen molar-refractivity contribution in [3.63, 3.8) is 0 Å². The maximum absolute atomic E-state index is 9.03. The van der Waals surface area contributed by atoms with Crippen molar-refractivity contribution in [2.45, 2.75) is 19.9 Å². The van der Waals surface area contributed by atoms with Gasteiger partial charge in [0.15, 0.2) is 11.5 Å². The number of nitrogens with zero attached hydrogens (tertiary/aromatic N) is 5. The molecule has 3 rings (SSSR count). The van der Waals surface area contributed by atoms with E-state index in [1.807, 2.05) is 6.07 Å². The lowest BCUT2D eigenvalue weighted by atomic mass is 10.2. The van der Waals surface area contributed by atoms with Crippen LogP contribution in [0.1, 0.15) is 25.0 Å². The molecule has 0 aromatic carbocycles. The van der Waals surface area contributed by atoms with Crippen LogP contribution in [0.25, 0.3) is 16.9 Å². The molecule has 0 saturated heterocycles. The van der Waals surface area contributed by atoms with Gasteiger partial charge in [-0.2, -0.15) is 25.1 Å². The lowest BCUT2D eigenvalue weighted by Crippen LogP contribution is -2.12. The monoisotopic (exact) mass is 378 g/mol. The first-order chi connectivity index (χ1) is 12.8. The quantitative estimate of drug-likeness (QED) is 0.706. The maximum Gasteiger partial charge on any atom is 0.164 e. The van der Waals surface area contributed by atoms with Crippen molar-refractivity contribution in [3.05, 3.63) is 41.9 Å². The van der Waals surface area contributed by atoms with Gasteiger partial charge < -0.3 is 5.32 Å². The summed E-state index contributed by atoms with van der Waals surface area (Å²) in [7, 11) is -0.927. The minimum Gasteiger partial charge on any atom is -0.382 e.